The fraction of sp³-hybridized carbons (Fsp3) is 0.375. The molecule has 1 heterocycles. The lowest BCUT2D eigenvalue weighted by molar-refractivity contribution is -0.00766. The van der Waals surface area contributed by atoms with Gasteiger partial charge in [0.15, 0.2) is 0 Å². The highest BCUT2D eigenvalue weighted by molar-refractivity contribution is 6.31. The lowest BCUT2D eigenvalue weighted by Crippen LogP contribution is -2.34. The van der Waals surface area contributed by atoms with Crippen molar-refractivity contribution in [2.45, 2.75) is 31.9 Å². The van der Waals surface area contributed by atoms with E-state index < -0.39 is 5.60 Å². The van der Waals surface area contributed by atoms with Gasteiger partial charge in [0.1, 0.15) is 18.3 Å². The van der Waals surface area contributed by atoms with Crippen molar-refractivity contribution < 1.29 is 5.11 Å². The van der Waals surface area contributed by atoms with Crippen LogP contribution in [-0.2, 0) is 12.1 Å². The maximum absolute atomic E-state index is 11.2. The Balaban J connectivity index is 1.97. The van der Waals surface area contributed by atoms with Gasteiger partial charge in [0.2, 0.25) is 0 Å². The monoisotopic (exact) mass is 303 g/mol. The zero-order valence-corrected chi connectivity index (χ0v) is 12.7. The summed E-state index contributed by atoms with van der Waals surface area (Å²) in [6.45, 7) is 2.34. The second kappa shape index (κ2) is 5.62. The van der Waals surface area contributed by atoms with Crippen LogP contribution in [0.5, 0.6) is 0 Å². The Morgan fingerprint density at radius 3 is 2.86 bits per heavy atom. The molecule has 110 valence electrons. The third-order valence-corrected chi connectivity index (χ3v) is 4.25. The van der Waals surface area contributed by atoms with Gasteiger partial charge < -0.3 is 5.11 Å². The molecule has 0 amide bonds. The average Bonchev–Trinajstić information content (AvgIpc) is 3.20. The first-order valence-corrected chi connectivity index (χ1v) is 7.49. The van der Waals surface area contributed by atoms with E-state index in [0.29, 0.717) is 11.6 Å². The van der Waals surface area contributed by atoms with E-state index in [1.54, 1.807) is 11.0 Å². The van der Waals surface area contributed by atoms with Crippen molar-refractivity contribution in [2.24, 2.45) is 5.92 Å². The van der Waals surface area contributed by atoms with Gasteiger partial charge in [0.05, 0.1) is 6.54 Å². The zero-order chi connectivity index (χ0) is 14.9. The summed E-state index contributed by atoms with van der Waals surface area (Å²) < 4.78 is 1.66. The summed E-state index contributed by atoms with van der Waals surface area (Å²) in [5.74, 6) is 0.228. The van der Waals surface area contributed by atoms with Crippen LogP contribution < -0.4 is 0 Å². The lowest BCUT2D eigenvalue weighted by Gasteiger charge is -2.29. The van der Waals surface area contributed by atoms with Gasteiger partial charge >= 0.3 is 0 Å². The van der Waals surface area contributed by atoms with E-state index in [1.165, 1.54) is 6.33 Å². The lowest BCUT2D eigenvalue weighted by atomic mass is 9.88. The van der Waals surface area contributed by atoms with Gasteiger partial charge in [0, 0.05) is 10.6 Å². The molecule has 0 bridgehead atoms. The molecule has 0 spiro atoms. The van der Waals surface area contributed by atoms with E-state index in [-0.39, 0.29) is 5.92 Å². The molecule has 1 N–H and O–H groups in total. The van der Waals surface area contributed by atoms with Crippen LogP contribution in [0, 0.1) is 5.92 Å². The SMILES string of the molecule is CC=Cc1ccc(C(O)(Cn2cncn2)C2CC2)c(Cl)c1. The van der Waals surface area contributed by atoms with E-state index >= 15 is 0 Å². The van der Waals surface area contributed by atoms with Crippen LogP contribution in [0.15, 0.2) is 36.9 Å². The number of nitrogens with zero attached hydrogens (tertiary/aromatic N) is 3. The summed E-state index contributed by atoms with van der Waals surface area (Å²) in [5.41, 5.74) is 0.819. The number of rotatable bonds is 5. The largest absolute Gasteiger partial charge is 0.383 e. The summed E-state index contributed by atoms with van der Waals surface area (Å²) in [7, 11) is 0. The van der Waals surface area contributed by atoms with Crippen LogP contribution in [0.2, 0.25) is 5.02 Å². The summed E-state index contributed by atoms with van der Waals surface area (Å²) >= 11 is 6.42. The van der Waals surface area contributed by atoms with E-state index in [4.69, 9.17) is 11.6 Å². The Bertz CT molecular complexity index is 650. The van der Waals surface area contributed by atoms with Crippen molar-refractivity contribution in [2.75, 3.05) is 0 Å². The van der Waals surface area contributed by atoms with Crippen LogP contribution in [0.25, 0.3) is 6.08 Å². The molecule has 1 aromatic heterocycles. The quantitative estimate of drug-likeness (QED) is 0.922. The number of hydrogen-bond donors (Lipinski definition) is 1. The van der Waals surface area contributed by atoms with Crippen LogP contribution in [0.4, 0.5) is 0 Å². The molecular formula is C16H18ClN3O. The van der Waals surface area contributed by atoms with Gasteiger partial charge in [-0.05, 0) is 37.3 Å². The van der Waals surface area contributed by atoms with Crippen molar-refractivity contribution in [3.63, 3.8) is 0 Å². The van der Waals surface area contributed by atoms with Crippen molar-refractivity contribution in [3.05, 3.63) is 53.1 Å². The molecule has 0 aliphatic heterocycles. The van der Waals surface area contributed by atoms with E-state index in [1.807, 2.05) is 37.3 Å². The van der Waals surface area contributed by atoms with Crippen LogP contribution >= 0.6 is 11.6 Å². The smallest absolute Gasteiger partial charge is 0.137 e. The Labute approximate surface area is 129 Å². The summed E-state index contributed by atoms with van der Waals surface area (Å²) in [4.78, 5) is 3.94. The number of aromatic nitrogens is 3. The number of hydrogen-bond acceptors (Lipinski definition) is 3. The molecule has 4 nitrogen and oxygen atoms in total. The maximum Gasteiger partial charge on any atom is 0.137 e. The molecule has 21 heavy (non-hydrogen) atoms. The molecule has 1 saturated carbocycles. The molecule has 1 aliphatic rings. The van der Waals surface area contributed by atoms with Crippen molar-refractivity contribution in [1.29, 1.82) is 0 Å². The second-order valence-electron chi connectivity index (χ2n) is 5.53. The van der Waals surface area contributed by atoms with Gasteiger partial charge in [0.25, 0.3) is 0 Å². The number of benzene rings is 1. The Morgan fingerprint density at radius 1 is 1.48 bits per heavy atom. The molecule has 1 aromatic carbocycles. The highest BCUT2D eigenvalue weighted by atomic mass is 35.5. The molecule has 1 fully saturated rings. The molecule has 3 rings (SSSR count). The fourth-order valence-electron chi connectivity index (χ4n) is 2.74. The minimum absolute atomic E-state index is 0.228. The molecule has 1 atom stereocenters. The number of allylic oxidation sites excluding steroid dienone is 1. The van der Waals surface area contributed by atoms with Gasteiger partial charge in [-0.1, -0.05) is 35.9 Å². The first-order chi connectivity index (χ1) is 10.1. The Morgan fingerprint density at radius 2 is 2.29 bits per heavy atom. The van der Waals surface area contributed by atoms with Gasteiger partial charge in [-0.25, -0.2) is 9.67 Å². The zero-order valence-electron chi connectivity index (χ0n) is 11.9. The molecule has 5 heteroatoms. The van der Waals surface area contributed by atoms with Crippen LogP contribution in [0.1, 0.15) is 30.9 Å². The van der Waals surface area contributed by atoms with Crippen molar-refractivity contribution in [3.8, 4) is 0 Å². The topological polar surface area (TPSA) is 50.9 Å². The van der Waals surface area contributed by atoms with Gasteiger partial charge in [-0.15, -0.1) is 0 Å². The summed E-state index contributed by atoms with van der Waals surface area (Å²) in [6.07, 6.45) is 9.08. The van der Waals surface area contributed by atoms with E-state index in [0.717, 1.165) is 24.0 Å². The summed E-state index contributed by atoms with van der Waals surface area (Å²) in [5, 5.41) is 15.9. The third kappa shape index (κ3) is 2.87. The van der Waals surface area contributed by atoms with E-state index in [2.05, 4.69) is 10.1 Å². The standard InChI is InChI=1S/C16H18ClN3O/c1-2-3-12-4-7-14(15(17)8-12)16(21,13-5-6-13)9-20-11-18-10-19-20/h2-4,7-8,10-11,13,21H,5-6,9H2,1H3. The minimum Gasteiger partial charge on any atom is -0.383 e. The Hall–Kier alpha value is -1.65. The molecular weight excluding hydrogens is 286 g/mol. The molecule has 2 aromatic rings. The predicted molar refractivity (Wildman–Crippen MR) is 82.8 cm³/mol. The second-order valence-corrected chi connectivity index (χ2v) is 5.94. The van der Waals surface area contributed by atoms with Gasteiger partial charge in [-0.2, -0.15) is 5.10 Å². The van der Waals surface area contributed by atoms with Crippen LogP contribution in [-0.4, -0.2) is 19.9 Å². The fourth-order valence-corrected chi connectivity index (χ4v) is 3.09. The number of halogens is 1. The third-order valence-electron chi connectivity index (χ3n) is 3.94. The molecule has 1 aliphatic carbocycles. The first kappa shape index (κ1) is 14.3. The van der Waals surface area contributed by atoms with Gasteiger partial charge in [-0.3, -0.25) is 0 Å². The molecule has 0 saturated heterocycles. The predicted octanol–water partition coefficient (Wildman–Crippen LogP) is 3.26. The van der Waals surface area contributed by atoms with E-state index in [9.17, 15) is 5.11 Å². The van der Waals surface area contributed by atoms with Crippen molar-refractivity contribution >= 4 is 17.7 Å². The highest BCUT2D eigenvalue weighted by Gasteiger charge is 2.46. The average molecular weight is 304 g/mol. The molecule has 0 radical (unpaired) electrons. The minimum atomic E-state index is -0.987. The Kier molecular flexibility index (Phi) is 3.83. The van der Waals surface area contributed by atoms with Crippen molar-refractivity contribution in [1.82, 2.24) is 14.8 Å². The summed E-state index contributed by atoms with van der Waals surface area (Å²) in [6, 6.07) is 5.80. The molecule has 1 unspecified atom stereocenters. The maximum atomic E-state index is 11.2. The number of aliphatic hydroxyl groups is 1. The normalized spacial score (nSPS) is 18.0. The highest BCUT2D eigenvalue weighted by Crippen LogP contribution is 2.48. The van der Waals surface area contributed by atoms with Crippen LogP contribution in [0.3, 0.4) is 0 Å². The first-order valence-electron chi connectivity index (χ1n) is 7.11.